The summed E-state index contributed by atoms with van der Waals surface area (Å²) in [5.41, 5.74) is 16.7. The molecule has 0 bridgehead atoms. The topological polar surface area (TPSA) is 78.1 Å². The van der Waals surface area contributed by atoms with Gasteiger partial charge in [-0.05, 0) is 6.07 Å². The van der Waals surface area contributed by atoms with Crippen LogP contribution < -0.4 is 17.2 Å². The van der Waals surface area contributed by atoms with Crippen LogP contribution in [0.2, 0.25) is 0 Å². The van der Waals surface area contributed by atoms with E-state index >= 15 is 0 Å². The number of nitrogens with two attached hydrogens (primary N) is 3. The molecule has 0 saturated carbocycles. The van der Waals surface area contributed by atoms with Gasteiger partial charge in [0.25, 0.3) is 0 Å². The Morgan fingerprint density at radius 3 is 2.67 bits per heavy atom. The van der Waals surface area contributed by atoms with Crippen LogP contribution in [0.15, 0.2) is 18.2 Å². The van der Waals surface area contributed by atoms with Crippen LogP contribution in [0, 0.1) is 5.82 Å². The number of nitrogen functional groups attached to an aromatic ring is 1. The fourth-order valence-electron chi connectivity index (χ4n) is 0.982. The van der Waals surface area contributed by atoms with E-state index < -0.39 is 11.9 Å². The zero-order chi connectivity index (χ0) is 9.14. The summed E-state index contributed by atoms with van der Waals surface area (Å²) >= 11 is 0. The highest BCUT2D eigenvalue weighted by Gasteiger charge is 2.10. The number of benzene rings is 1. The molecule has 3 nitrogen and oxygen atoms in total. The maximum atomic E-state index is 13.2. The van der Waals surface area contributed by atoms with Crippen LogP contribution in [0.5, 0.6) is 0 Å². The lowest BCUT2D eigenvalue weighted by Gasteiger charge is -2.10. The minimum Gasteiger partial charge on any atom is -0.396 e. The molecule has 0 aliphatic rings. The van der Waals surface area contributed by atoms with E-state index in [-0.39, 0.29) is 12.2 Å². The molecule has 0 aliphatic carbocycles. The van der Waals surface area contributed by atoms with Crippen LogP contribution in [0.25, 0.3) is 0 Å². The van der Waals surface area contributed by atoms with Crippen molar-refractivity contribution in [1.82, 2.24) is 0 Å². The third kappa shape index (κ3) is 1.54. The first-order valence-electron chi connectivity index (χ1n) is 3.66. The fourth-order valence-corrected chi connectivity index (χ4v) is 0.982. The lowest BCUT2D eigenvalue weighted by molar-refractivity contribution is 0.588. The van der Waals surface area contributed by atoms with Crippen molar-refractivity contribution in [3.8, 4) is 0 Å². The van der Waals surface area contributed by atoms with Crippen molar-refractivity contribution in [3.63, 3.8) is 0 Å². The van der Waals surface area contributed by atoms with E-state index in [1.165, 1.54) is 6.07 Å². The van der Waals surface area contributed by atoms with Gasteiger partial charge in [-0.25, -0.2) is 4.39 Å². The highest BCUT2D eigenvalue weighted by Crippen LogP contribution is 2.18. The second-order valence-corrected chi connectivity index (χ2v) is 2.59. The van der Waals surface area contributed by atoms with Crippen molar-refractivity contribution in [2.75, 3.05) is 12.3 Å². The third-order valence-electron chi connectivity index (χ3n) is 1.71. The van der Waals surface area contributed by atoms with Crippen LogP contribution in [0.3, 0.4) is 0 Å². The second-order valence-electron chi connectivity index (χ2n) is 2.59. The Bertz CT molecular complexity index is 275. The summed E-state index contributed by atoms with van der Waals surface area (Å²) in [5.74, 6) is -0.463. The average molecular weight is 169 g/mol. The molecule has 4 heteroatoms. The molecule has 6 N–H and O–H groups in total. The molecule has 1 atom stereocenters. The van der Waals surface area contributed by atoms with Gasteiger partial charge < -0.3 is 17.2 Å². The molecule has 0 amide bonds. The van der Waals surface area contributed by atoms with Crippen LogP contribution in [0.1, 0.15) is 11.6 Å². The predicted molar refractivity (Wildman–Crippen MR) is 46.8 cm³/mol. The van der Waals surface area contributed by atoms with Gasteiger partial charge in [0.15, 0.2) is 5.82 Å². The van der Waals surface area contributed by atoms with Gasteiger partial charge in [-0.1, -0.05) is 12.1 Å². The van der Waals surface area contributed by atoms with E-state index in [9.17, 15) is 4.39 Å². The largest absolute Gasteiger partial charge is 0.396 e. The standard InChI is InChI=1S/C8H12FN3/c9-8-5(7(12)4-10)2-1-3-6(8)11/h1-3,7H,4,10-12H2. The van der Waals surface area contributed by atoms with E-state index in [0.717, 1.165) is 0 Å². The Labute approximate surface area is 70.3 Å². The van der Waals surface area contributed by atoms with Crippen LogP contribution in [-0.4, -0.2) is 6.54 Å². The van der Waals surface area contributed by atoms with Crippen LogP contribution in [0.4, 0.5) is 10.1 Å². The maximum absolute atomic E-state index is 13.2. The molecule has 0 aliphatic heterocycles. The highest BCUT2D eigenvalue weighted by atomic mass is 19.1. The Kier molecular flexibility index (Phi) is 2.62. The minimum atomic E-state index is -0.478. The Hall–Kier alpha value is -1.13. The molecule has 0 aromatic heterocycles. The first-order valence-corrected chi connectivity index (χ1v) is 3.66. The van der Waals surface area contributed by atoms with E-state index in [1.54, 1.807) is 12.1 Å². The smallest absolute Gasteiger partial charge is 0.150 e. The Morgan fingerprint density at radius 2 is 2.08 bits per heavy atom. The molecule has 12 heavy (non-hydrogen) atoms. The van der Waals surface area contributed by atoms with E-state index in [4.69, 9.17) is 17.2 Å². The fraction of sp³-hybridized carbons (Fsp3) is 0.250. The number of rotatable bonds is 2. The lowest BCUT2D eigenvalue weighted by Crippen LogP contribution is -2.22. The summed E-state index contributed by atoms with van der Waals surface area (Å²) in [6.07, 6.45) is 0. The molecule has 66 valence electrons. The molecular formula is C8H12FN3. The quantitative estimate of drug-likeness (QED) is 0.559. The molecule has 0 heterocycles. The van der Waals surface area contributed by atoms with Crippen molar-refractivity contribution in [3.05, 3.63) is 29.6 Å². The van der Waals surface area contributed by atoms with Gasteiger partial charge in [-0.3, -0.25) is 0 Å². The molecule has 1 unspecified atom stereocenters. The number of anilines is 1. The summed E-state index contributed by atoms with van der Waals surface area (Å²) in [6, 6.07) is 4.25. The average Bonchev–Trinajstić information content (AvgIpc) is 2.08. The van der Waals surface area contributed by atoms with E-state index in [2.05, 4.69) is 0 Å². The maximum Gasteiger partial charge on any atom is 0.150 e. The monoisotopic (exact) mass is 169 g/mol. The number of hydrogen-bond acceptors (Lipinski definition) is 3. The summed E-state index contributed by atoms with van der Waals surface area (Å²) < 4.78 is 13.2. The zero-order valence-corrected chi connectivity index (χ0v) is 6.63. The van der Waals surface area contributed by atoms with Gasteiger partial charge in [0, 0.05) is 18.2 Å². The number of hydrogen-bond donors (Lipinski definition) is 3. The van der Waals surface area contributed by atoms with Gasteiger partial charge >= 0.3 is 0 Å². The molecule has 0 fully saturated rings. The van der Waals surface area contributed by atoms with Crippen molar-refractivity contribution < 1.29 is 4.39 Å². The third-order valence-corrected chi connectivity index (χ3v) is 1.71. The Morgan fingerprint density at radius 1 is 1.42 bits per heavy atom. The van der Waals surface area contributed by atoms with Gasteiger partial charge in [-0.15, -0.1) is 0 Å². The Balaban J connectivity index is 3.07. The van der Waals surface area contributed by atoms with Crippen molar-refractivity contribution in [2.45, 2.75) is 6.04 Å². The first kappa shape index (κ1) is 8.96. The molecule has 0 spiro atoms. The lowest BCUT2D eigenvalue weighted by atomic mass is 10.1. The molecule has 0 saturated heterocycles. The van der Waals surface area contributed by atoms with Crippen molar-refractivity contribution >= 4 is 5.69 Å². The van der Waals surface area contributed by atoms with Gasteiger partial charge in [0.1, 0.15) is 0 Å². The van der Waals surface area contributed by atoms with Gasteiger partial charge in [0.2, 0.25) is 0 Å². The molecule has 0 radical (unpaired) electrons. The molecule has 1 rings (SSSR count). The summed E-state index contributed by atoms with van der Waals surface area (Å²) in [6.45, 7) is 0.209. The molecule has 1 aromatic rings. The minimum absolute atomic E-state index is 0.108. The van der Waals surface area contributed by atoms with Gasteiger partial charge in [0.05, 0.1) is 5.69 Å². The zero-order valence-electron chi connectivity index (χ0n) is 6.63. The molecule has 1 aromatic carbocycles. The van der Waals surface area contributed by atoms with Crippen LogP contribution in [-0.2, 0) is 0 Å². The molecular weight excluding hydrogens is 157 g/mol. The predicted octanol–water partition coefficient (Wildman–Crippen LogP) is 0.366. The van der Waals surface area contributed by atoms with E-state index in [0.29, 0.717) is 5.56 Å². The second kappa shape index (κ2) is 3.51. The van der Waals surface area contributed by atoms with Gasteiger partial charge in [-0.2, -0.15) is 0 Å². The highest BCUT2D eigenvalue weighted by molar-refractivity contribution is 5.43. The SMILES string of the molecule is NCC(N)c1cccc(N)c1F. The van der Waals surface area contributed by atoms with Crippen molar-refractivity contribution in [2.24, 2.45) is 11.5 Å². The summed E-state index contributed by atoms with van der Waals surface area (Å²) in [5, 5.41) is 0. The summed E-state index contributed by atoms with van der Waals surface area (Å²) in [4.78, 5) is 0. The van der Waals surface area contributed by atoms with E-state index in [1.807, 2.05) is 0 Å². The first-order chi connectivity index (χ1) is 5.66. The number of halogens is 1. The normalized spacial score (nSPS) is 12.9. The summed E-state index contributed by atoms with van der Waals surface area (Å²) in [7, 11) is 0. The van der Waals surface area contributed by atoms with Crippen molar-refractivity contribution in [1.29, 1.82) is 0 Å². The van der Waals surface area contributed by atoms with Crippen LogP contribution >= 0.6 is 0 Å².